The Morgan fingerprint density at radius 2 is 2.00 bits per heavy atom. The van der Waals surface area contributed by atoms with Gasteiger partial charge in [0.2, 0.25) is 0 Å². The molecule has 0 spiro atoms. The molecule has 1 unspecified atom stereocenters. The molecule has 0 fully saturated rings. The van der Waals surface area contributed by atoms with Gasteiger partial charge in [0.25, 0.3) is 0 Å². The zero-order valence-electron chi connectivity index (χ0n) is 11.7. The third-order valence-electron chi connectivity index (χ3n) is 3.12. The third-order valence-corrected chi connectivity index (χ3v) is 3.12. The molecule has 0 radical (unpaired) electrons. The monoisotopic (exact) mass is 256 g/mol. The molecule has 2 aromatic rings. The predicted molar refractivity (Wildman–Crippen MR) is 77.2 cm³/mol. The summed E-state index contributed by atoms with van der Waals surface area (Å²) in [5.41, 5.74) is 3.18. The quantitative estimate of drug-likeness (QED) is 0.891. The predicted octanol–water partition coefficient (Wildman–Crippen LogP) is 3.25. The van der Waals surface area contributed by atoms with E-state index in [0.29, 0.717) is 12.6 Å². The second-order valence-electron chi connectivity index (χ2n) is 4.64. The number of nitrogens with zero attached hydrogens (tertiary/aromatic N) is 1. The number of aromatic nitrogens is 1. The summed E-state index contributed by atoms with van der Waals surface area (Å²) in [5, 5.41) is 3.22. The maximum Gasteiger partial charge on any atom is 0.130 e. The second kappa shape index (κ2) is 6.34. The van der Waals surface area contributed by atoms with Gasteiger partial charge in [-0.25, -0.2) is 0 Å². The summed E-state index contributed by atoms with van der Waals surface area (Å²) in [6.45, 7) is 4.61. The van der Waals surface area contributed by atoms with Crippen molar-refractivity contribution < 1.29 is 4.74 Å². The molecule has 19 heavy (non-hydrogen) atoms. The van der Waals surface area contributed by atoms with Crippen LogP contribution in [0.1, 0.15) is 29.9 Å². The molecule has 0 aliphatic carbocycles. The zero-order chi connectivity index (χ0) is 13.7. The second-order valence-corrected chi connectivity index (χ2v) is 4.64. The Balaban J connectivity index is 2.03. The van der Waals surface area contributed by atoms with Crippen molar-refractivity contribution in [3.8, 4) is 5.75 Å². The molecule has 3 nitrogen and oxygen atoms in total. The Morgan fingerprint density at radius 3 is 2.74 bits per heavy atom. The van der Waals surface area contributed by atoms with Gasteiger partial charge in [-0.15, -0.1) is 0 Å². The lowest BCUT2D eigenvalue weighted by molar-refractivity contribution is 0.300. The molecule has 1 N–H and O–H groups in total. The van der Waals surface area contributed by atoms with E-state index in [2.05, 4.69) is 29.4 Å². The number of hydrogen-bond acceptors (Lipinski definition) is 3. The van der Waals surface area contributed by atoms with E-state index in [4.69, 9.17) is 4.74 Å². The van der Waals surface area contributed by atoms with Crippen molar-refractivity contribution in [1.82, 2.24) is 10.3 Å². The first kappa shape index (κ1) is 13.6. The summed E-state index contributed by atoms with van der Waals surface area (Å²) < 4.78 is 5.79. The fraction of sp³-hybridized carbons (Fsp3) is 0.312. The highest BCUT2D eigenvalue weighted by Gasteiger charge is 2.04. The van der Waals surface area contributed by atoms with E-state index in [1.54, 1.807) is 0 Å². The molecular formula is C16H20N2O. The normalized spacial score (nSPS) is 12.2. The van der Waals surface area contributed by atoms with Crippen LogP contribution in [0.4, 0.5) is 0 Å². The van der Waals surface area contributed by atoms with Gasteiger partial charge in [-0.05, 0) is 50.7 Å². The van der Waals surface area contributed by atoms with Crippen LogP contribution in [0.25, 0.3) is 0 Å². The summed E-state index contributed by atoms with van der Waals surface area (Å²) in [5.74, 6) is 0.878. The van der Waals surface area contributed by atoms with Crippen LogP contribution in [0.2, 0.25) is 0 Å². The lowest BCUT2D eigenvalue weighted by Crippen LogP contribution is -2.12. The average Bonchev–Trinajstić information content (AvgIpc) is 2.45. The molecule has 1 aromatic heterocycles. The maximum absolute atomic E-state index is 5.79. The van der Waals surface area contributed by atoms with E-state index in [1.165, 1.54) is 5.56 Å². The highest BCUT2D eigenvalue weighted by atomic mass is 16.5. The van der Waals surface area contributed by atoms with Crippen molar-refractivity contribution in [2.45, 2.75) is 26.5 Å². The molecule has 0 aliphatic heterocycles. The molecule has 0 bridgehead atoms. The van der Waals surface area contributed by atoms with Gasteiger partial charge in [0.15, 0.2) is 0 Å². The molecule has 0 saturated carbocycles. The fourth-order valence-corrected chi connectivity index (χ4v) is 1.88. The van der Waals surface area contributed by atoms with E-state index in [-0.39, 0.29) is 0 Å². The van der Waals surface area contributed by atoms with Crippen LogP contribution in [0.5, 0.6) is 5.75 Å². The molecule has 1 aromatic carbocycles. The molecule has 100 valence electrons. The van der Waals surface area contributed by atoms with E-state index in [0.717, 1.165) is 17.1 Å². The van der Waals surface area contributed by atoms with Crippen molar-refractivity contribution in [2.24, 2.45) is 0 Å². The van der Waals surface area contributed by atoms with Gasteiger partial charge in [-0.1, -0.05) is 18.2 Å². The van der Waals surface area contributed by atoms with Crippen molar-refractivity contribution in [2.75, 3.05) is 7.05 Å². The van der Waals surface area contributed by atoms with Crippen LogP contribution in [0.3, 0.4) is 0 Å². The Hall–Kier alpha value is -1.87. The van der Waals surface area contributed by atoms with Gasteiger partial charge in [0.05, 0.1) is 5.69 Å². The standard InChI is InChI=1S/C16H20N2O/c1-12-6-4-8-15(18-12)11-19-16-9-5-7-14(10-16)13(2)17-3/h4-10,13,17H,11H2,1-3H3. The van der Waals surface area contributed by atoms with Crippen molar-refractivity contribution in [1.29, 1.82) is 0 Å². The van der Waals surface area contributed by atoms with E-state index >= 15 is 0 Å². The fourth-order valence-electron chi connectivity index (χ4n) is 1.88. The lowest BCUT2D eigenvalue weighted by atomic mass is 10.1. The van der Waals surface area contributed by atoms with Crippen molar-refractivity contribution in [3.05, 3.63) is 59.4 Å². The molecule has 1 heterocycles. The van der Waals surface area contributed by atoms with Gasteiger partial charge in [0, 0.05) is 11.7 Å². The molecule has 0 saturated heterocycles. The Bertz CT molecular complexity index is 540. The smallest absolute Gasteiger partial charge is 0.130 e. The summed E-state index contributed by atoms with van der Waals surface area (Å²) in [7, 11) is 1.95. The highest BCUT2D eigenvalue weighted by Crippen LogP contribution is 2.19. The number of benzene rings is 1. The first-order valence-electron chi connectivity index (χ1n) is 6.51. The molecule has 2 rings (SSSR count). The number of hydrogen-bond donors (Lipinski definition) is 1. The van der Waals surface area contributed by atoms with Crippen LogP contribution in [0, 0.1) is 6.92 Å². The van der Waals surface area contributed by atoms with Crippen molar-refractivity contribution >= 4 is 0 Å². The van der Waals surface area contributed by atoms with Gasteiger partial charge in [-0.3, -0.25) is 4.98 Å². The zero-order valence-corrected chi connectivity index (χ0v) is 11.7. The molecule has 1 atom stereocenters. The number of pyridine rings is 1. The van der Waals surface area contributed by atoms with Crippen LogP contribution in [0.15, 0.2) is 42.5 Å². The first-order valence-corrected chi connectivity index (χ1v) is 6.51. The number of rotatable bonds is 5. The Labute approximate surface area is 114 Å². The van der Waals surface area contributed by atoms with Gasteiger partial charge in [-0.2, -0.15) is 0 Å². The average molecular weight is 256 g/mol. The minimum absolute atomic E-state index is 0.320. The topological polar surface area (TPSA) is 34.1 Å². The number of ether oxygens (including phenoxy) is 1. The van der Waals surface area contributed by atoms with Crippen LogP contribution in [-0.4, -0.2) is 12.0 Å². The third kappa shape index (κ3) is 3.80. The van der Waals surface area contributed by atoms with Crippen molar-refractivity contribution in [3.63, 3.8) is 0 Å². The number of aryl methyl sites for hydroxylation is 1. The Kier molecular flexibility index (Phi) is 4.53. The minimum Gasteiger partial charge on any atom is -0.487 e. The van der Waals surface area contributed by atoms with Crippen LogP contribution in [-0.2, 0) is 6.61 Å². The SMILES string of the molecule is CNC(C)c1cccc(OCc2cccc(C)n2)c1. The highest BCUT2D eigenvalue weighted by molar-refractivity contribution is 5.30. The van der Waals surface area contributed by atoms with E-state index < -0.39 is 0 Å². The summed E-state index contributed by atoms with van der Waals surface area (Å²) in [6.07, 6.45) is 0. The molecular weight excluding hydrogens is 236 g/mol. The minimum atomic E-state index is 0.320. The van der Waals surface area contributed by atoms with Crippen LogP contribution >= 0.6 is 0 Å². The lowest BCUT2D eigenvalue weighted by Gasteiger charge is -2.12. The summed E-state index contributed by atoms with van der Waals surface area (Å²) in [6, 6.07) is 14.4. The Morgan fingerprint density at radius 1 is 1.21 bits per heavy atom. The maximum atomic E-state index is 5.79. The van der Waals surface area contributed by atoms with E-state index in [9.17, 15) is 0 Å². The molecule has 0 aliphatic rings. The van der Waals surface area contributed by atoms with Gasteiger partial charge < -0.3 is 10.1 Å². The van der Waals surface area contributed by atoms with Gasteiger partial charge in [0.1, 0.15) is 12.4 Å². The molecule has 3 heteroatoms. The summed E-state index contributed by atoms with van der Waals surface area (Å²) >= 11 is 0. The number of nitrogens with one attached hydrogen (secondary N) is 1. The van der Waals surface area contributed by atoms with Gasteiger partial charge >= 0.3 is 0 Å². The van der Waals surface area contributed by atoms with E-state index in [1.807, 2.05) is 44.3 Å². The summed E-state index contributed by atoms with van der Waals surface area (Å²) in [4.78, 5) is 4.42. The van der Waals surface area contributed by atoms with Crippen LogP contribution < -0.4 is 10.1 Å². The molecule has 0 amide bonds. The first-order chi connectivity index (χ1) is 9.19. The largest absolute Gasteiger partial charge is 0.487 e.